The Bertz CT molecular complexity index is 1100. The number of benzene rings is 1. The lowest BCUT2D eigenvalue weighted by atomic mass is 10.1. The normalized spacial score (nSPS) is 15.1. The number of amides is 1. The molecular formula is C31H46N4OS. The Balaban J connectivity index is 1.55. The van der Waals surface area contributed by atoms with E-state index in [4.69, 9.17) is 4.98 Å². The van der Waals surface area contributed by atoms with Gasteiger partial charge in [-0.3, -0.25) is 4.79 Å². The first-order valence-electron chi connectivity index (χ1n) is 14.4. The molecule has 0 aliphatic carbocycles. The van der Waals surface area contributed by atoms with Crippen LogP contribution in [0.3, 0.4) is 0 Å². The van der Waals surface area contributed by atoms with Crippen LogP contribution >= 0.6 is 11.3 Å². The Morgan fingerprint density at radius 1 is 0.973 bits per heavy atom. The minimum Gasteiger partial charge on any atom is -0.338 e. The minimum atomic E-state index is 0.137. The maximum absolute atomic E-state index is 13.6. The molecule has 202 valence electrons. The van der Waals surface area contributed by atoms with E-state index in [-0.39, 0.29) is 5.91 Å². The van der Waals surface area contributed by atoms with Gasteiger partial charge in [0, 0.05) is 36.5 Å². The molecule has 2 aromatic heterocycles. The molecule has 0 N–H and O–H groups in total. The van der Waals surface area contributed by atoms with E-state index in [1.165, 1.54) is 56.6 Å². The van der Waals surface area contributed by atoms with Crippen molar-refractivity contribution in [3.05, 3.63) is 52.0 Å². The second-order valence-electron chi connectivity index (χ2n) is 11.6. The summed E-state index contributed by atoms with van der Waals surface area (Å²) < 4.78 is 2.39. The van der Waals surface area contributed by atoms with Gasteiger partial charge in [-0.25, -0.2) is 4.98 Å². The van der Waals surface area contributed by atoms with Crippen LogP contribution in [0.1, 0.15) is 87.3 Å². The van der Waals surface area contributed by atoms with Gasteiger partial charge in [0.15, 0.2) is 0 Å². The molecule has 0 radical (unpaired) electrons. The highest BCUT2D eigenvalue weighted by molar-refractivity contribution is 7.09. The van der Waals surface area contributed by atoms with Gasteiger partial charge < -0.3 is 14.4 Å². The molecule has 3 heterocycles. The summed E-state index contributed by atoms with van der Waals surface area (Å²) in [7, 11) is 0. The summed E-state index contributed by atoms with van der Waals surface area (Å²) in [6, 6.07) is 10.4. The van der Waals surface area contributed by atoms with Gasteiger partial charge in [0.25, 0.3) is 5.91 Å². The third kappa shape index (κ3) is 7.90. The largest absolute Gasteiger partial charge is 0.338 e. The van der Waals surface area contributed by atoms with Crippen LogP contribution in [-0.2, 0) is 13.0 Å². The Kier molecular flexibility index (Phi) is 10.2. The molecule has 0 spiro atoms. The predicted molar refractivity (Wildman–Crippen MR) is 157 cm³/mol. The zero-order chi connectivity index (χ0) is 26.2. The van der Waals surface area contributed by atoms with Crippen molar-refractivity contribution < 1.29 is 4.79 Å². The summed E-state index contributed by atoms with van der Waals surface area (Å²) in [5.74, 6) is 2.13. The van der Waals surface area contributed by atoms with Crippen molar-refractivity contribution in [1.29, 1.82) is 0 Å². The lowest BCUT2D eigenvalue weighted by Gasteiger charge is -2.26. The molecular weight excluding hydrogens is 476 g/mol. The molecule has 1 aliphatic heterocycles. The maximum Gasteiger partial charge on any atom is 0.253 e. The molecule has 1 saturated heterocycles. The number of hydrogen-bond donors (Lipinski definition) is 0. The fraction of sp³-hybridized carbons (Fsp3) is 0.613. The van der Waals surface area contributed by atoms with Gasteiger partial charge >= 0.3 is 0 Å². The highest BCUT2D eigenvalue weighted by Gasteiger charge is 2.20. The van der Waals surface area contributed by atoms with E-state index in [0.717, 1.165) is 54.9 Å². The molecule has 37 heavy (non-hydrogen) atoms. The molecule has 0 atom stereocenters. The van der Waals surface area contributed by atoms with Crippen molar-refractivity contribution in [3.8, 4) is 0 Å². The minimum absolute atomic E-state index is 0.137. The van der Waals surface area contributed by atoms with Gasteiger partial charge in [-0.1, -0.05) is 46.6 Å². The lowest BCUT2D eigenvalue weighted by molar-refractivity contribution is 0.0715. The standard InChI is InChI=1S/C31H46N4OS/c1-24(2)22-34(23-25(3)4)31(36)26-13-14-28-29(20-26)35(30(32-28)21-27-12-11-19-37-27)18-10-9-17-33-15-7-5-6-8-16-33/h11-14,19-20,24-25H,5-10,15-18,21-23H2,1-4H3. The molecule has 4 rings (SSSR count). The van der Waals surface area contributed by atoms with E-state index in [0.29, 0.717) is 11.8 Å². The first-order valence-corrected chi connectivity index (χ1v) is 15.3. The lowest BCUT2D eigenvalue weighted by Crippen LogP contribution is -2.37. The second kappa shape index (κ2) is 13.6. The molecule has 6 heteroatoms. The van der Waals surface area contributed by atoms with Crippen molar-refractivity contribution in [2.24, 2.45) is 11.8 Å². The Morgan fingerprint density at radius 2 is 1.68 bits per heavy atom. The number of carbonyl (C=O) groups excluding carboxylic acids is 1. The number of thiophene rings is 1. The summed E-state index contributed by atoms with van der Waals surface area (Å²) in [6.07, 6.45) is 8.64. The first-order chi connectivity index (χ1) is 17.9. The van der Waals surface area contributed by atoms with Crippen molar-refractivity contribution in [1.82, 2.24) is 19.4 Å². The van der Waals surface area contributed by atoms with Crippen molar-refractivity contribution in [2.45, 2.75) is 79.2 Å². The molecule has 0 bridgehead atoms. The highest BCUT2D eigenvalue weighted by atomic mass is 32.1. The van der Waals surface area contributed by atoms with Crippen LogP contribution in [0.5, 0.6) is 0 Å². The van der Waals surface area contributed by atoms with E-state index in [1.54, 1.807) is 11.3 Å². The summed E-state index contributed by atoms with van der Waals surface area (Å²) in [4.78, 5) is 24.7. The first kappa shape index (κ1) is 27.8. The number of fused-ring (bicyclic) bond motifs is 1. The average molecular weight is 523 g/mol. The van der Waals surface area contributed by atoms with Crippen molar-refractivity contribution in [2.75, 3.05) is 32.7 Å². The maximum atomic E-state index is 13.6. The number of likely N-dealkylation sites (tertiary alicyclic amines) is 1. The fourth-order valence-electron chi connectivity index (χ4n) is 5.53. The van der Waals surface area contributed by atoms with Gasteiger partial charge in [-0.15, -0.1) is 11.3 Å². The molecule has 1 amide bonds. The number of aryl methyl sites for hydroxylation is 1. The van der Waals surface area contributed by atoms with Gasteiger partial charge in [0.2, 0.25) is 0 Å². The molecule has 5 nitrogen and oxygen atoms in total. The van der Waals surface area contributed by atoms with Crippen LogP contribution in [0.2, 0.25) is 0 Å². The van der Waals surface area contributed by atoms with E-state index in [1.807, 2.05) is 11.0 Å². The monoisotopic (exact) mass is 522 g/mol. The van der Waals surface area contributed by atoms with Crippen LogP contribution in [0, 0.1) is 11.8 Å². The molecule has 1 fully saturated rings. The Hall–Kier alpha value is -2.18. The zero-order valence-corrected chi connectivity index (χ0v) is 24.2. The Labute approximate surface area is 227 Å². The molecule has 1 aromatic carbocycles. The molecule has 0 saturated carbocycles. The van der Waals surface area contributed by atoms with E-state index in [2.05, 4.69) is 66.8 Å². The number of unbranched alkanes of at least 4 members (excludes halogenated alkanes) is 1. The number of nitrogens with zero attached hydrogens (tertiary/aromatic N) is 4. The number of aromatic nitrogens is 2. The smallest absolute Gasteiger partial charge is 0.253 e. The molecule has 1 aliphatic rings. The van der Waals surface area contributed by atoms with Crippen LogP contribution in [0.15, 0.2) is 35.7 Å². The van der Waals surface area contributed by atoms with Gasteiger partial charge in [0.05, 0.1) is 11.0 Å². The number of hydrogen-bond acceptors (Lipinski definition) is 4. The van der Waals surface area contributed by atoms with Crippen LogP contribution < -0.4 is 0 Å². The molecule has 3 aromatic rings. The SMILES string of the molecule is CC(C)CN(CC(C)C)C(=O)c1ccc2nc(Cc3cccs3)n(CCCCN3CCCCCC3)c2c1. The number of carbonyl (C=O) groups is 1. The van der Waals surface area contributed by atoms with Crippen molar-refractivity contribution in [3.63, 3.8) is 0 Å². The zero-order valence-electron chi connectivity index (χ0n) is 23.4. The number of rotatable bonds is 12. The Morgan fingerprint density at radius 3 is 2.32 bits per heavy atom. The third-order valence-corrected chi connectivity index (χ3v) is 8.13. The predicted octanol–water partition coefficient (Wildman–Crippen LogP) is 7.10. The molecule has 0 unspecified atom stereocenters. The van der Waals surface area contributed by atoms with Gasteiger partial charge in [-0.05, 0) is 86.8 Å². The topological polar surface area (TPSA) is 41.4 Å². The summed E-state index contributed by atoms with van der Waals surface area (Å²) in [6.45, 7) is 15.0. The van der Waals surface area contributed by atoms with Gasteiger partial charge in [-0.2, -0.15) is 0 Å². The van der Waals surface area contributed by atoms with Crippen LogP contribution in [-0.4, -0.2) is 58.0 Å². The van der Waals surface area contributed by atoms with Crippen LogP contribution in [0.4, 0.5) is 0 Å². The van der Waals surface area contributed by atoms with E-state index >= 15 is 0 Å². The highest BCUT2D eigenvalue weighted by Crippen LogP contribution is 2.24. The summed E-state index contributed by atoms with van der Waals surface area (Å²) >= 11 is 1.79. The third-order valence-electron chi connectivity index (χ3n) is 7.25. The average Bonchev–Trinajstić information content (AvgIpc) is 3.40. The van der Waals surface area contributed by atoms with Crippen LogP contribution in [0.25, 0.3) is 11.0 Å². The van der Waals surface area contributed by atoms with E-state index < -0.39 is 0 Å². The second-order valence-corrected chi connectivity index (χ2v) is 12.6. The van der Waals surface area contributed by atoms with E-state index in [9.17, 15) is 4.79 Å². The summed E-state index contributed by atoms with van der Waals surface area (Å²) in [5, 5.41) is 2.14. The summed E-state index contributed by atoms with van der Waals surface area (Å²) in [5.41, 5.74) is 2.87. The quantitative estimate of drug-likeness (QED) is 0.238. The number of imidazole rings is 1. The van der Waals surface area contributed by atoms with Crippen molar-refractivity contribution >= 4 is 28.3 Å². The van der Waals surface area contributed by atoms with Gasteiger partial charge in [0.1, 0.15) is 5.82 Å². The fourth-order valence-corrected chi connectivity index (χ4v) is 6.23.